The molecule has 0 bridgehead atoms. The Kier molecular flexibility index (Phi) is 7.13. The summed E-state index contributed by atoms with van der Waals surface area (Å²) in [6.07, 6.45) is 3.17. The molecule has 0 radical (unpaired) electrons. The van der Waals surface area contributed by atoms with Gasteiger partial charge in [0.1, 0.15) is 11.5 Å². The van der Waals surface area contributed by atoms with Crippen LogP contribution in [0.25, 0.3) is 0 Å². The summed E-state index contributed by atoms with van der Waals surface area (Å²) in [7, 11) is 1.70. The summed E-state index contributed by atoms with van der Waals surface area (Å²) >= 11 is 0. The summed E-state index contributed by atoms with van der Waals surface area (Å²) in [5.74, 6) is 2.17. The third kappa shape index (κ3) is 5.00. The molecule has 2 rings (SSSR count). The Morgan fingerprint density at radius 1 is 1.08 bits per heavy atom. The van der Waals surface area contributed by atoms with Crippen LogP contribution in [0.15, 0.2) is 42.5 Å². The fraction of sp³-hybridized carbons (Fsp3) is 0.429. The van der Waals surface area contributed by atoms with Crippen LogP contribution in [0.3, 0.4) is 0 Å². The average molecular weight is 327 g/mol. The van der Waals surface area contributed by atoms with E-state index < -0.39 is 0 Å². The van der Waals surface area contributed by atoms with Crippen molar-refractivity contribution in [2.75, 3.05) is 20.3 Å². The predicted molar refractivity (Wildman–Crippen MR) is 100 cm³/mol. The zero-order valence-corrected chi connectivity index (χ0v) is 15.0. The van der Waals surface area contributed by atoms with Gasteiger partial charge in [-0.05, 0) is 61.2 Å². The topological polar surface area (TPSA) is 44.5 Å². The summed E-state index contributed by atoms with van der Waals surface area (Å²) in [6.45, 7) is 5.64. The van der Waals surface area contributed by atoms with Crippen molar-refractivity contribution < 1.29 is 9.47 Å². The van der Waals surface area contributed by atoms with E-state index >= 15 is 0 Å². The molecule has 0 amide bonds. The molecular formula is C21H29NO2. The molecule has 1 atom stereocenters. The van der Waals surface area contributed by atoms with Gasteiger partial charge < -0.3 is 15.2 Å². The Morgan fingerprint density at radius 2 is 1.83 bits per heavy atom. The van der Waals surface area contributed by atoms with Crippen LogP contribution in [0.4, 0.5) is 0 Å². The zero-order chi connectivity index (χ0) is 17.4. The smallest absolute Gasteiger partial charge is 0.121 e. The van der Waals surface area contributed by atoms with Gasteiger partial charge in [-0.15, -0.1) is 0 Å². The van der Waals surface area contributed by atoms with E-state index in [-0.39, 0.29) is 0 Å². The van der Waals surface area contributed by atoms with E-state index in [9.17, 15) is 0 Å². The van der Waals surface area contributed by atoms with Crippen molar-refractivity contribution in [1.29, 1.82) is 0 Å². The minimum Gasteiger partial charge on any atom is -0.496 e. The average Bonchev–Trinajstić information content (AvgIpc) is 2.61. The summed E-state index contributed by atoms with van der Waals surface area (Å²) in [6, 6.07) is 14.7. The first-order chi connectivity index (χ1) is 11.7. The molecule has 130 valence electrons. The molecule has 3 nitrogen and oxygen atoms in total. The molecule has 2 aromatic carbocycles. The molecule has 0 aliphatic heterocycles. The van der Waals surface area contributed by atoms with Crippen LogP contribution >= 0.6 is 0 Å². The van der Waals surface area contributed by atoms with E-state index in [0.717, 1.165) is 42.9 Å². The largest absolute Gasteiger partial charge is 0.496 e. The molecule has 0 heterocycles. The van der Waals surface area contributed by atoms with Crippen LogP contribution in [0.5, 0.6) is 11.5 Å². The van der Waals surface area contributed by atoms with Crippen molar-refractivity contribution in [2.24, 2.45) is 5.73 Å². The third-order valence-electron chi connectivity index (χ3n) is 4.35. The monoisotopic (exact) mass is 327 g/mol. The number of aryl methyl sites for hydroxylation is 1. The van der Waals surface area contributed by atoms with Gasteiger partial charge in [-0.25, -0.2) is 0 Å². The quantitative estimate of drug-likeness (QED) is 0.691. The molecule has 24 heavy (non-hydrogen) atoms. The van der Waals surface area contributed by atoms with Crippen LogP contribution in [-0.2, 0) is 6.42 Å². The number of methoxy groups -OCH3 is 1. The van der Waals surface area contributed by atoms with E-state index in [4.69, 9.17) is 15.2 Å². The Labute approximate surface area is 145 Å². The number of hydrogen-bond acceptors (Lipinski definition) is 3. The van der Waals surface area contributed by atoms with Gasteiger partial charge in [0.2, 0.25) is 0 Å². The molecule has 2 N–H and O–H groups in total. The molecular weight excluding hydrogens is 298 g/mol. The molecule has 0 fully saturated rings. The predicted octanol–water partition coefficient (Wildman–Crippen LogP) is 4.47. The lowest BCUT2D eigenvalue weighted by Crippen LogP contribution is -2.15. The van der Waals surface area contributed by atoms with Crippen molar-refractivity contribution in [3.8, 4) is 11.5 Å². The molecule has 0 aliphatic rings. The van der Waals surface area contributed by atoms with Crippen LogP contribution in [0.2, 0.25) is 0 Å². The van der Waals surface area contributed by atoms with Gasteiger partial charge in [-0.2, -0.15) is 0 Å². The minimum absolute atomic E-state index is 0.307. The lowest BCUT2D eigenvalue weighted by atomic mass is 9.91. The van der Waals surface area contributed by atoms with E-state index in [1.165, 1.54) is 11.1 Å². The maximum Gasteiger partial charge on any atom is 0.121 e. The highest BCUT2D eigenvalue weighted by Crippen LogP contribution is 2.26. The molecule has 1 unspecified atom stereocenters. The second-order valence-corrected chi connectivity index (χ2v) is 6.21. The molecule has 0 saturated carbocycles. The maximum absolute atomic E-state index is 6.03. The fourth-order valence-electron chi connectivity index (χ4n) is 2.83. The SMILES string of the molecule is CCCCOc1ccc(CC(CN)c2ccc(OC)c(C)c2)cc1. The molecule has 0 spiro atoms. The second kappa shape index (κ2) is 9.33. The Hall–Kier alpha value is -2.00. The van der Waals surface area contributed by atoms with Crippen molar-refractivity contribution in [1.82, 2.24) is 0 Å². The van der Waals surface area contributed by atoms with E-state index in [1.54, 1.807) is 7.11 Å². The van der Waals surface area contributed by atoms with Gasteiger partial charge in [0.15, 0.2) is 0 Å². The number of hydrogen-bond donors (Lipinski definition) is 1. The summed E-state index contributed by atoms with van der Waals surface area (Å²) in [5, 5.41) is 0. The highest BCUT2D eigenvalue weighted by molar-refractivity contribution is 5.38. The summed E-state index contributed by atoms with van der Waals surface area (Å²) in [5.41, 5.74) is 9.72. The fourth-order valence-corrected chi connectivity index (χ4v) is 2.83. The lowest BCUT2D eigenvalue weighted by molar-refractivity contribution is 0.309. The van der Waals surface area contributed by atoms with Crippen LogP contribution < -0.4 is 15.2 Å². The Morgan fingerprint density at radius 3 is 2.42 bits per heavy atom. The number of rotatable bonds is 9. The highest BCUT2D eigenvalue weighted by Gasteiger charge is 2.12. The number of benzene rings is 2. The van der Waals surface area contributed by atoms with Crippen molar-refractivity contribution in [2.45, 2.75) is 39.0 Å². The lowest BCUT2D eigenvalue weighted by Gasteiger charge is -2.17. The first kappa shape index (κ1) is 18.3. The first-order valence-electron chi connectivity index (χ1n) is 8.74. The summed E-state index contributed by atoms with van der Waals surface area (Å²) < 4.78 is 11.1. The normalized spacial score (nSPS) is 12.0. The van der Waals surface area contributed by atoms with Crippen molar-refractivity contribution >= 4 is 0 Å². The summed E-state index contributed by atoms with van der Waals surface area (Å²) in [4.78, 5) is 0. The van der Waals surface area contributed by atoms with Gasteiger partial charge >= 0.3 is 0 Å². The van der Waals surface area contributed by atoms with E-state index in [1.807, 2.05) is 6.07 Å². The van der Waals surface area contributed by atoms with Gasteiger partial charge in [0, 0.05) is 5.92 Å². The highest BCUT2D eigenvalue weighted by atomic mass is 16.5. The van der Waals surface area contributed by atoms with Crippen LogP contribution in [0, 0.1) is 6.92 Å². The van der Waals surface area contributed by atoms with E-state index in [2.05, 4.69) is 50.2 Å². The van der Waals surface area contributed by atoms with E-state index in [0.29, 0.717) is 12.5 Å². The standard InChI is InChI=1S/C21H29NO2/c1-4-5-12-24-20-9-6-17(7-10-20)14-19(15-22)18-8-11-21(23-3)16(2)13-18/h6-11,13,19H,4-5,12,14-15,22H2,1-3H3. The number of ether oxygens (including phenoxy) is 2. The molecule has 3 heteroatoms. The zero-order valence-electron chi connectivity index (χ0n) is 15.0. The Bertz CT molecular complexity index is 622. The molecule has 0 saturated heterocycles. The molecule has 2 aromatic rings. The number of unbranched alkanes of at least 4 members (excludes halogenated alkanes) is 1. The maximum atomic E-state index is 6.03. The van der Waals surface area contributed by atoms with Crippen LogP contribution in [-0.4, -0.2) is 20.3 Å². The number of nitrogens with two attached hydrogens (primary N) is 1. The third-order valence-corrected chi connectivity index (χ3v) is 4.35. The minimum atomic E-state index is 0.307. The van der Waals surface area contributed by atoms with Crippen molar-refractivity contribution in [3.63, 3.8) is 0 Å². The van der Waals surface area contributed by atoms with Gasteiger partial charge in [-0.3, -0.25) is 0 Å². The molecule has 0 aromatic heterocycles. The van der Waals surface area contributed by atoms with Gasteiger partial charge in [-0.1, -0.05) is 37.6 Å². The molecule has 0 aliphatic carbocycles. The first-order valence-corrected chi connectivity index (χ1v) is 8.74. The van der Waals surface area contributed by atoms with Gasteiger partial charge in [0.05, 0.1) is 13.7 Å². The van der Waals surface area contributed by atoms with Crippen molar-refractivity contribution in [3.05, 3.63) is 59.2 Å². The van der Waals surface area contributed by atoms with Crippen LogP contribution in [0.1, 0.15) is 42.4 Å². The second-order valence-electron chi connectivity index (χ2n) is 6.21. The Balaban J connectivity index is 2.03. The van der Waals surface area contributed by atoms with Gasteiger partial charge in [0.25, 0.3) is 0 Å².